The summed E-state index contributed by atoms with van der Waals surface area (Å²) in [5.41, 5.74) is 3.09. The third kappa shape index (κ3) is 5.12. The summed E-state index contributed by atoms with van der Waals surface area (Å²) in [6.45, 7) is 6.94. The molecule has 0 amide bonds. The minimum Gasteiger partial charge on any atom is -0.317 e. The van der Waals surface area contributed by atoms with Crippen LogP contribution in [0.5, 0.6) is 0 Å². The molecule has 1 atom stereocenters. The first-order valence-corrected chi connectivity index (χ1v) is 12.3. The number of aryl methyl sites for hydroxylation is 2. The maximum Gasteiger partial charge on any atom is 0.227 e. The SMILES string of the molecule is CCS(=O)(=O)c1ncc(CN(C)[C@H](C)c2nc(C)cs2)n1CCc1ccccc1. The van der Waals surface area contributed by atoms with E-state index < -0.39 is 9.84 Å². The van der Waals surface area contributed by atoms with Gasteiger partial charge in [0, 0.05) is 24.2 Å². The lowest BCUT2D eigenvalue weighted by atomic mass is 10.1. The van der Waals surface area contributed by atoms with Crippen LogP contribution in [-0.4, -0.2) is 40.7 Å². The van der Waals surface area contributed by atoms with Crippen molar-refractivity contribution < 1.29 is 8.42 Å². The zero-order valence-electron chi connectivity index (χ0n) is 17.4. The van der Waals surface area contributed by atoms with Gasteiger partial charge in [0.1, 0.15) is 5.01 Å². The van der Waals surface area contributed by atoms with Gasteiger partial charge in [0.25, 0.3) is 0 Å². The zero-order valence-corrected chi connectivity index (χ0v) is 19.0. The molecular weight excluding hydrogens is 404 g/mol. The Bertz CT molecular complexity index is 1040. The van der Waals surface area contributed by atoms with Gasteiger partial charge in [-0.2, -0.15) is 0 Å². The molecule has 156 valence electrons. The second-order valence-corrected chi connectivity index (χ2v) is 10.3. The highest BCUT2D eigenvalue weighted by molar-refractivity contribution is 7.91. The van der Waals surface area contributed by atoms with E-state index in [9.17, 15) is 8.42 Å². The van der Waals surface area contributed by atoms with Crippen molar-refractivity contribution in [2.24, 2.45) is 0 Å². The van der Waals surface area contributed by atoms with Gasteiger partial charge in [0.05, 0.1) is 23.7 Å². The molecule has 0 radical (unpaired) electrons. The normalized spacial score (nSPS) is 13.1. The molecule has 0 aliphatic carbocycles. The molecular formula is C21H28N4O2S2. The van der Waals surface area contributed by atoms with Crippen molar-refractivity contribution in [3.8, 4) is 0 Å². The van der Waals surface area contributed by atoms with E-state index in [0.717, 1.165) is 22.8 Å². The van der Waals surface area contributed by atoms with E-state index in [0.29, 0.717) is 13.1 Å². The number of aromatic nitrogens is 3. The monoisotopic (exact) mass is 432 g/mol. The second-order valence-electron chi connectivity index (χ2n) is 7.24. The van der Waals surface area contributed by atoms with E-state index in [1.807, 2.05) is 36.7 Å². The van der Waals surface area contributed by atoms with E-state index in [-0.39, 0.29) is 17.0 Å². The van der Waals surface area contributed by atoms with E-state index in [1.54, 1.807) is 24.5 Å². The van der Waals surface area contributed by atoms with Crippen molar-refractivity contribution in [1.29, 1.82) is 0 Å². The van der Waals surface area contributed by atoms with Gasteiger partial charge in [0.15, 0.2) is 0 Å². The number of rotatable bonds is 9. The molecule has 29 heavy (non-hydrogen) atoms. The lowest BCUT2D eigenvalue weighted by molar-refractivity contribution is 0.245. The molecule has 3 rings (SSSR count). The largest absolute Gasteiger partial charge is 0.317 e. The fraction of sp³-hybridized carbons (Fsp3) is 0.429. The Labute approximate surface area is 177 Å². The van der Waals surface area contributed by atoms with Crippen LogP contribution in [0.3, 0.4) is 0 Å². The maximum atomic E-state index is 12.6. The van der Waals surface area contributed by atoms with Gasteiger partial charge < -0.3 is 4.57 Å². The Kier molecular flexibility index (Phi) is 6.87. The van der Waals surface area contributed by atoms with Gasteiger partial charge in [0.2, 0.25) is 15.0 Å². The van der Waals surface area contributed by atoms with Crippen LogP contribution in [-0.2, 0) is 29.3 Å². The van der Waals surface area contributed by atoms with Crippen LogP contribution in [0.1, 0.15) is 41.8 Å². The summed E-state index contributed by atoms with van der Waals surface area (Å²) in [4.78, 5) is 11.1. The molecule has 0 saturated heterocycles. The Morgan fingerprint density at radius 3 is 2.59 bits per heavy atom. The number of sulfone groups is 1. The first kappa shape index (κ1) is 21.7. The Morgan fingerprint density at radius 1 is 1.24 bits per heavy atom. The number of hydrogen-bond donors (Lipinski definition) is 0. The molecule has 2 aromatic heterocycles. The minimum absolute atomic E-state index is 0.0411. The lowest BCUT2D eigenvalue weighted by Gasteiger charge is -2.23. The van der Waals surface area contributed by atoms with Gasteiger partial charge >= 0.3 is 0 Å². The third-order valence-corrected chi connectivity index (χ3v) is 7.87. The Hall–Kier alpha value is -2.03. The Balaban J connectivity index is 1.85. The highest BCUT2D eigenvalue weighted by Gasteiger charge is 2.23. The number of hydrogen-bond acceptors (Lipinski definition) is 6. The average Bonchev–Trinajstić information content (AvgIpc) is 3.33. The molecule has 0 saturated carbocycles. The van der Waals surface area contributed by atoms with Crippen LogP contribution in [0.15, 0.2) is 47.1 Å². The van der Waals surface area contributed by atoms with Gasteiger partial charge in [-0.1, -0.05) is 37.3 Å². The summed E-state index contributed by atoms with van der Waals surface area (Å²) in [6.07, 6.45) is 2.45. The van der Waals surface area contributed by atoms with E-state index in [4.69, 9.17) is 0 Å². The molecule has 0 N–H and O–H groups in total. The van der Waals surface area contributed by atoms with Gasteiger partial charge in [-0.3, -0.25) is 4.90 Å². The highest BCUT2D eigenvalue weighted by atomic mass is 32.2. The summed E-state index contributed by atoms with van der Waals surface area (Å²) >= 11 is 1.65. The van der Waals surface area contributed by atoms with Crippen LogP contribution in [0.2, 0.25) is 0 Å². The van der Waals surface area contributed by atoms with Crippen LogP contribution in [0.4, 0.5) is 0 Å². The Morgan fingerprint density at radius 2 is 1.97 bits per heavy atom. The van der Waals surface area contributed by atoms with Crippen molar-refractivity contribution in [3.05, 3.63) is 63.9 Å². The smallest absolute Gasteiger partial charge is 0.227 e. The standard InChI is InChI=1S/C21H28N4O2S2/c1-5-29(26,27)21-22-13-19(25(21)12-11-18-9-7-6-8-10-18)14-24(4)17(3)20-23-16(2)15-28-20/h6-10,13,15,17H,5,11-12,14H2,1-4H3/t17-/m1/s1. The van der Waals surface area contributed by atoms with Gasteiger partial charge in [-0.25, -0.2) is 18.4 Å². The third-order valence-electron chi connectivity index (χ3n) is 5.09. The molecule has 8 heteroatoms. The summed E-state index contributed by atoms with van der Waals surface area (Å²) in [5.74, 6) is 0.0411. The molecule has 0 aliphatic rings. The maximum absolute atomic E-state index is 12.6. The molecule has 6 nitrogen and oxygen atoms in total. The zero-order chi connectivity index (χ0) is 21.0. The predicted octanol–water partition coefficient (Wildman–Crippen LogP) is 3.88. The quantitative estimate of drug-likeness (QED) is 0.513. The number of benzene rings is 1. The number of thiazole rings is 1. The summed E-state index contributed by atoms with van der Waals surface area (Å²) in [7, 11) is -1.36. The molecule has 0 bridgehead atoms. The molecule has 0 unspecified atom stereocenters. The molecule has 1 aromatic carbocycles. The summed E-state index contributed by atoms with van der Waals surface area (Å²) in [5, 5.41) is 3.27. The van der Waals surface area contributed by atoms with Crippen molar-refractivity contribution in [2.45, 2.75) is 51.5 Å². The fourth-order valence-electron chi connectivity index (χ4n) is 3.17. The first-order chi connectivity index (χ1) is 13.8. The molecule has 3 aromatic rings. The van der Waals surface area contributed by atoms with E-state index in [1.165, 1.54) is 5.56 Å². The summed E-state index contributed by atoms with van der Waals surface area (Å²) in [6, 6.07) is 10.2. The van der Waals surface area contributed by atoms with Crippen molar-refractivity contribution in [1.82, 2.24) is 19.4 Å². The highest BCUT2D eigenvalue weighted by Crippen LogP contribution is 2.25. The van der Waals surface area contributed by atoms with E-state index >= 15 is 0 Å². The van der Waals surface area contributed by atoms with Crippen LogP contribution in [0.25, 0.3) is 0 Å². The number of imidazole rings is 1. The van der Waals surface area contributed by atoms with Crippen LogP contribution < -0.4 is 0 Å². The van der Waals surface area contributed by atoms with Crippen molar-refractivity contribution in [2.75, 3.05) is 12.8 Å². The molecule has 0 fully saturated rings. The molecule has 0 aliphatic heterocycles. The predicted molar refractivity (Wildman–Crippen MR) is 117 cm³/mol. The van der Waals surface area contributed by atoms with Gasteiger partial charge in [-0.15, -0.1) is 11.3 Å². The van der Waals surface area contributed by atoms with Gasteiger partial charge in [-0.05, 0) is 32.9 Å². The minimum atomic E-state index is -3.39. The fourth-order valence-corrected chi connectivity index (χ4v) is 5.10. The second kappa shape index (κ2) is 9.19. The first-order valence-electron chi connectivity index (χ1n) is 9.75. The molecule has 0 spiro atoms. The topological polar surface area (TPSA) is 68.1 Å². The van der Waals surface area contributed by atoms with Crippen LogP contribution >= 0.6 is 11.3 Å². The number of nitrogens with zero attached hydrogens (tertiary/aromatic N) is 4. The summed E-state index contributed by atoms with van der Waals surface area (Å²) < 4.78 is 27.0. The van der Waals surface area contributed by atoms with E-state index in [2.05, 4.69) is 39.3 Å². The lowest BCUT2D eigenvalue weighted by Crippen LogP contribution is -2.24. The average molecular weight is 433 g/mol. The molecule has 2 heterocycles. The van der Waals surface area contributed by atoms with Crippen molar-refractivity contribution in [3.63, 3.8) is 0 Å². The van der Waals surface area contributed by atoms with Crippen LogP contribution in [0, 0.1) is 6.92 Å². The van der Waals surface area contributed by atoms with Crippen molar-refractivity contribution >= 4 is 21.2 Å².